The van der Waals surface area contributed by atoms with Crippen molar-refractivity contribution in [3.63, 3.8) is 0 Å². The van der Waals surface area contributed by atoms with E-state index in [1.54, 1.807) is 19.3 Å². The molecule has 2 aromatic heterocycles. The van der Waals surface area contributed by atoms with Crippen molar-refractivity contribution in [2.75, 3.05) is 7.05 Å². The summed E-state index contributed by atoms with van der Waals surface area (Å²) in [4.78, 5) is 11.7. The molecule has 6 heteroatoms. The van der Waals surface area contributed by atoms with E-state index in [2.05, 4.69) is 10.4 Å². The van der Waals surface area contributed by atoms with E-state index in [9.17, 15) is 4.79 Å². The average molecular weight is 272 g/mol. The second-order valence-electron chi connectivity index (χ2n) is 4.91. The number of benzene rings is 1. The maximum atomic E-state index is 11.7. The van der Waals surface area contributed by atoms with Gasteiger partial charge in [-0.1, -0.05) is 0 Å². The summed E-state index contributed by atoms with van der Waals surface area (Å²) >= 11 is 0. The van der Waals surface area contributed by atoms with Crippen LogP contribution in [0, 0.1) is 0 Å². The number of fused-ring (bicyclic) bond motifs is 3. The average Bonchev–Trinajstić information content (AvgIpc) is 3.00. The van der Waals surface area contributed by atoms with E-state index < -0.39 is 0 Å². The summed E-state index contributed by atoms with van der Waals surface area (Å²) < 4.78 is 7.43. The fourth-order valence-electron chi connectivity index (χ4n) is 2.34. The molecule has 1 atom stereocenters. The van der Waals surface area contributed by atoms with Crippen LogP contribution in [0.4, 0.5) is 0 Å². The molecular weight excluding hydrogens is 256 g/mol. The van der Waals surface area contributed by atoms with Gasteiger partial charge in [0.1, 0.15) is 5.58 Å². The Bertz CT molecular complexity index is 785. The first-order valence-electron chi connectivity index (χ1n) is 6.46. The zero-order valence-electron chi connectivity index (χ0n) is 11.4. The zero-order valence-corrected chi connectivity index (χ0v) is 11.4. The molecule has 3 rings (SSSR count). The smallest absolute Gasteiger partial charge is 0.286 e. The van der Waals surface area contributed by atoms with Gasteiger partial charge < -0.3 is 15.5 Å². The van der Waals surface area contributed by atoms with Crippen LogP contribution in [0.15, 0.2) is 28.8 Å². The fraction of sp³-hybridized carbons (Fsp3) is 0.286. The summed E-state index contributed by atoms with van der Waals surface area (Å²) in [6.45, 7) is 2.54. The van der Waals surface area contributed by atoms with E-state index >= 15 is 0 Å². The Labute approximate surface area is 115 Å². The van der Waals surface area contributed by atoms with Crippen LogP contribution in [-0.2, 0) is 6.54 Å². The van der Waals surface area contributed by atoms with Gasteiger partial charge in [0.2, 0.25) is 0 Å². The predicted octanol–water partition coefficient (Wildman–Crippen LogP) is 1.49. The van der Waals surface area contributed by atoms with Gasteiger partial charge in [-0.2, -0.15) is 5.10 Å². The third-order valence-corrected chi connectivity index (χ3v) is 3.21. The van der Waals surface area contributed by atoms with Crippen molar-refractivity contribution in [1.29, 1.82) is 0 Å². The molecule has 0 bridgehead atoms. The molecule has 0 aliphatic carbocycles. The van der Waals surface area contributed by atoms with Crippen LogP contribution >= 0.6 is 0 Å². The van der Waals surface area contributed by atoms with Gasteiger partial charge in [-0.05, 0) is 25.1 Å². The van der Waals surface area contributed by atoms with Crippen molar-refractivity contribution in [2.45, 2.75) is 19.5 Å². The van der Waals surface area contributed by atoms with Gasteiger partial charge in [0, 0.05) is 23.9 Å². The highest BCUT2D eigenvalue weighted by Gasteiger charge is 2.15. The lowest BCUT2D eigenvalue weighted by Crippen LogP contribution is -2.22. The number of nitrogens with zero attached hydrogens (tertiary/aromatic N) is 2. The first kappa shape index (κ1) is 12.7. The summed E-state index contributed by atoms with van der Waals surface area (Å²) in [6, 6.07) is 5.52. The Hall–Kier alpha value is -2.34. The lowest BCUT2D eigenvalue weighted by atomic mass is 10.2. The van der Waals surface area contributed by atoms with Gasteiger partial charge in [-0.3, -0.25) is 9.48 Å². The number of nitrogens with one attached hydrogen (secondary N) is 1. The second kappa shape index (κ2) is 4.64. The highest BCUT2D eigenvalue weighted by Crippen LogP contribution is 2.28. The van der Waals surface area contributed by atoms with Crippen molar-refractivity contribution in [2.24, 2.45) is 5.73 Å². The molecule has 1 amide bonds. The summed E-state index contributed by atoms with van der Waals surface area (Å²) in [5, 5.41) is 8.79. The SMILES string of the molecule is CNC(=O)c1cc2c(ccc3cnn(C[C@H](C)N)c32)o1. The second-order valence-corrected chi connectivity index (χ2v) is 4.91. The van der Waals surface area contributed by atoms with E-state index in [1.807, 2.05) is 23.7 Å². The third kappa shape index (κ3) is 1.94. The van der Waals surface area contributed by atoms with Crippen LogP contribution in [0.5, 0.6) is 0 Å². The molecule has 0 radical (unpaired) electrons. The number of carbonyl (C=O) groups excluding carboxylic acids is 1. The molecule has 6 nitrogen and oxygen atoms in total. The summed E-state index contributed by atoms with van der Waals surface area (Å²) in [5.74, 6) is 0.0520. The molecule has 3 aromatic rings. The zero-order chi connectivity index (χ0) is 14.3. The molecule has 104 valence electrons. The normalized spacial score (nSPS) is 12.9. The summed E-state index contributed by atoms with van der Waals surface area (Å²) in [5.41, 5.74) is 7.46. The Morgan fingerprint density at radius 2 is 2.35 bits per heavy atom. The molecule has 2 heterocycles. The number of aromatic nitrogens is 2. The molecule has 1 aromatic carbocycles. The predicted molar refractivity (Wildman–Crippen MR) is 76.5 cm³/mol. The molecule has 0 unspecified atom stereocenters. The van der Waals surface area contributed by atoms with Gasteiger partial charge in [-0.15, -0.1) is 0 Å². The quantitative estimate of drug-likeness (QED) is 0.756. The van der Waals surface area contributed by atoms with Crippen LogP contribution in [0.3, 0.4) is 0 Å². The first-order valence-corrected chi connectivity index (χ1v) is 6.46. The van der Waals surface area contributed by atoms with Gasteiger partial charge in [0.15, 0.2) is 5.76 Å². The van der Waals surface area contributed by atoms with E-state index in [4.69, 9.17) is 10.2 Å². The van der Waals surface area contributed by atoms with Crippen LogP contribution < -0.4 is 11.1 Å². The van der Waals surface area contributed by atoms with Gasteiger partial charge in [-0.25, -0.2) is 0 Å². The van der Waals surface area contributed by atoms with Crippen LogP contribution in [0.25, 0.3) is 21.9 Å². The van der Waals surface area contributed by atoms with Gasteiger partial charge in [0.05, 0.1) is 18.3 Å². The monoisotopic (exact) mass is 272 g/mol. The number of furan rings is 1. The van der Waals surface area contributed by atoms with Crippen molar-refractivity contribution in [1.82, 2.24) is 15.1 Å². The Morgan fingerprint density at radius 1 is 1.55 bits per heavy atom. The number of rotatable bonds is 3. The maximum absolute atomic E-state index is 11.7. The van der Waals surface area contributed by atoms with Crippen LogP contribution in [-0.4, -0.2) is 28.8 Å². The lowest BCUT2D eigenvalue weighted by molar-refractivity contribution is 0.0938. The third-order valence-electron chi connectivity index (χ3n) is 3.21. The Balaban J connectivity index is 2.24. The highest BCUT2D eigenvalue weighted by atomic mass is 16.3. The first-order chi connectivity index (χ1) is 9.60. The highest BCUT2D eigenvalue weighted by molar-refractivity contribution is 6.06. The standard InChI is InChI=1S/C14H16N4O2/c1-8(15)7-18-13-9(6-17-18)3-4-11-10(13)5-12(20-11)14(19)16-2/h3-6,8H,7,15H2,1-2H3,(H,16,19)/t8-/m0/s1. The Kier molecular flexibility index (Phi) is 2.94. The minimum atomic E-state index is -0.243. The number of amides is 1. The molecule has 20 heavy (non-hydrogen) atoms. The number of carbonyl (C=O) groups is 1. The molecule has 0 fully saturated rings. The molecule has 0 aliphatic heterocycles. The summed E-state index contributed by atoms with van der Waals surface area (Å²) in [7, 11) is 1.57. The largest absolute Gasteiger partial charge is 0.451 e. The van der Waals surface area contributed by atoms with E-state index in [0.717, 1.165) is 16.3 Å². The van der Waals surface area contributed by atoms with Crippen molar-refractivity contribution in [3.8, 4) is 0 Å². The molecule has 0 aliphatic rings. The summed E-state index contributed by atoms with van der Waals surface area (Å²) in [6.07, 6.45) is 1.80. The Morgan fingerprint density at radius 3 is 3.05 bits per heavy atom. The number of hydrogen-bond donors (Lipinski definition) is 2. The minimum absolute atomic E-state index is 0.00123. The molecule has 0 saturated heterocycles. The van der Waals surface area contributed by atoms with Gasteiger partial charge in [0.25, 0.3) is 5.91 Å². The van der Waals surface area contributed by atoms with Crippen LogP contribution in [0.1, 0.15) is 17.5 Å². The van der Waals surface area contributed by atoms with Crippen molar-refractivity contribution in [3.05, 3.63) is 30.2 Å². The number of nitrogens with two attached hydrogens (primary N) is 1. The van der Waals surface area contributed by atoms with E-state index in [1.165, 1.54) is 0 Å². The topological polar surface area (TPSA) is 86.1 Å². The molecule has 0 saturated carbocycles. The van der Waals surface area contributed by atoms with E-state index in [0.29, 0.717) is 17.9 Å². The maximum Gasteiger partial charge on any atom is 0.286 e. The molecule has 0 spiro atoms. The van der Waals surface area contributed by atoms with E-state index in [-0.39, 0.29) is 11.9 Å². The van der Waals surface area contributed by atoms with Gasteiger partial charge >= 0.3 is 0 Å². The number of hydrogen-bond acceptors (Lipinski definition) is 4. The van der Waals surface area contributed by atoms with Crippen molar-refractivity contribution >= 4 is 27.8 Å². The molecular formula is C14H16N4O2. The van der Waals surface area contributed by atoms with Crippen LogP contribution in [0.2, 0.25) is 0 Å². The lowest BCUT2D eigenvalue weighted by Gasteiger charge is -2.06. The molecule has 3 N–H and O–H groups in total. The fourth-order valence-corrected chi connectivity index (χ4v) is 2.34. The minimum Gasteiger partial charge on any atom is -0.451 e. The van der Waals surface area contributed by atoms with Crippen molar-refractivity contribution < 1.29 is 9.21 Å².